The lowest BCUT2D eigenvalue weighted by molar-refractivity contribution is -0.126. The molecule has 0 unspecified atom stereocenters. The highest BCUT2D eigenvalue weighted by atomic mass is 16.5. The maximum Gasteiger partial charge on any atom is 0.248 e. The van der Waals surface area contributed by atoms with Crippen LogP contribution in [-0.4, -0.2) is 33.5 Å². The molecule has 1 aromatic carbocycles. The summed E-state index contributed by atoms with van der Waals surface area (Å²) in [6, 6.07) is 10.6. The monoisotopic (exact) mass is 393 g/mol. The number of aromatic amines is 1. The van der Waals surface area contributed by atoms with Gasteiger partial charge in [0, 0.05) is 36.5 Å². The Morgan fingerprint density at radius 3 is 2.83 bits per heavy atom. The normalized spacial score (nSPS) is 16.2. The van der Waals surface area contributed by atoms with E-state index in [-0.39, 0.29) is 42.1 Å². The Bertz CT molecular complexity index is 1100. The Hall–Kier alpha value is -3.75. The molecule has 0 spiro atoms. The maximum absolute atomic E-state index is 12.5. The zero-order valence-corrected chi connectivity index (χ0v) is 15.7. The van der Waals surface area contributed by atoms with Gasteiger partial charge in [-0.05, 0) is 25.1 Å². The molecule has 29 heavy (non-hydrogen) atoms. The average Bonchev–Trinajstić information content (AvgIpc) is 3.34. The number of nitrogens with zero attached hydrogens (tertiary/aromatic N) is 3. The van der Waals surface area contributed by atoms with Crippen LogP contribution in [-0.2, 0) is 16.1 Å². The summed E-state index contributed by atoms with van der Waals surface area (Å²) in [6.45, 7) is 2.35. The fourth-order valence-corrected chi connectivity index (χ4v) is 3.19. The van der Waals surface area contributed by atoms with Crippen LogP contribution in [0.15, 0.2) is 51.9 Å². The molecule has 1 aliphatic heterocycles. The molecular formula is C20H19N5O4. The first-order valence-electron chi connectivity index (χ1n) is 9.16. The van der Waals surface area contributed by atoms with Crippen LogP contribution < -0.4 is 15.8 Å². The average molecular weight is 393 g/mol. The first-order chi connectivity index (χ1) is 14.0. The summed E-state index contributed by atoms with van der Waals surface area (Å²) in [6.07, 6.45) is 1.65. The van der Waals surface area contributed by atoms with Crippen molar-refractivity contribution in [1.29, 1.82) is 0 Å². The van der Waals surface area contributed by atoms with E-state index in [0.717, 1.165) is 11.3 Å². The molecule has 0 radical (unpaired) electrons. The van der Waals surface area contributed by atoms with Crippen molar-refractivity contribution in [2.75, 3.05) is 11.4 Å². The van der Waals surface area contributed by atoms with Crippen LogP contribution in [0.25, 0.3) is 11.4 Å². The molecule has 0 bridgehead atoms. The fourth-order valence-electron chi connectivity index (χ4n) is 3.19. The third kappa shape index (κ3) is 4.08. The molecule has 1 atom stereocenters. The molecule has 3 heterocycles. The largest absolute Gasteiger partial charge is 0.347 e. The zero-order chi connectivity index (χ0) is 20.4. The Labute approximate surface area is 165 Å². The highest BCUT2D eigenvalue weighted by Crippen LogP contribution is 2.25. The van der Waals surface area contributed by atoms with E-state index in [4.69, 9.17) is 4.52 Å². The van der Waals surface area contributed by atoms with Gasteiger partial charge in [0.25, 0.3) is 0 Å². The van der Waals surface area contributed by atoms with Crippen molar-refractivity contribution < 1.29 is 14.1 Å². The number of rotatable bonds is 5. The Morgan fingerprint density at radius 2 is 2.07 bits per heavy atom. The highest BCUT2D eigenvalue weighted by molar-refractivity contribution is 6.00. The smallest absolute Gasteiger partial charge is 0.248 e. The van der Waals surface area contributed by atoms with Crippen LogP contribution in [0.1, 0.15) is 17.9 Å². The van der Waals surface area contributed by atoms with Crippen LogP contribution >= 0.6 is 0 Å². The number of anilines is 1. The number of amides is 2. The molecular weight excluding hydrogens is 374 g/mol. The summed E-state index contributed by atoms with van der Waals surface area (Å²) in [5.41, 5.74) is 2.14. The number of carbonyl (C=O) groups excluding carboxylic acids is 2. The Morgan fingerprint density at radius 1 is 1.28 bits per heavy atom. The first-order valence-corrected chi connectivity index (χ1v) is 9.16. The van der Waals surface area contributed by atoms with E-state index < -0.39 is 5.92 Å². The number of hydrogen-bond donors (Lipinski definition) is 2. The number of benzene rings is 1. The number of carbonyl (C=O) groups is 2. The maximum atomic E-state index is 12.5. The van der Waals surface area contributed by atoms with Crippen LogP contribution in [0, 0.1) is 12.8 Å². The molecule has 1 saturated heterocycles. The Balaban J connectivity index is 1.36. The lowest BCUT2D eigenvalue weighted by Crippen LogP contribution is -2.32. The molecule has 2 amide bonds. The molecule has 2 N–H and O–H groups in total. The molecule has 1 aliphatic rings. The van der Waals surface area contributed by atoms with Gasteiger partial charge in [-0.25, -0.2) is 0 Å². The van der Waals surface area contributed by atoms with E-state index in [1.807, 2.05) is 31.2 Å². The van der Waals surface area contributed by atoms with Gasteiger partial charge in [0.15, 0.2) is 0 Å². The number of pyridine rings is 1. The summed E-state index contributed by atoms with van der Waals surface area (Å²) in [4.78, 5) is 44.5. The molecule has 9 nitrogen and oxygen atoms in total. The summed E-state index contributed by atoms with van der Waals surface area (Å²) in [7, 11) is 0. The van der Waals surface area contributed by atoms with Crippen molar-refractivity contribution >= 4 is 17.5 Å². The van der Waals surface area contributed by atoms with Gasteiger partial charge < -0.3 is 19.7 Å². The topological polar surface area (TPSA) is 121 Å². The fraction of sp³-hybridized carbons (Fsp3) is 0.250. The molecule has 148 valence electrons. The van der Waals surface area contributed by atoms with Crippen molar-refractivity contribution in [3.05, 3.63) is 64.4 Å². The van der Waals surface area contributed by atoms with E-state index in [2.05, 4.69) is 20.4 Å². The SMILES string of the molecule is Cc1ccc(N2C[C@@H](C(=O)NCc3nc(-c4cc[nH]c(=O)c4)no3)CC2=O)cc1. The molecule has 4 rings (SSSR count). The minimum atomic E-state index is -0.445. The summed E-state index contributed by atoms with van der Waals surface area (Å²) < 4.78 is 5.13. The van der Waals surface area contributed by atoms with Crippen molar-refractivity contribution in [2.45, 2.75) is 19.9 Å². The third-order valence-corrected chi connectivity index (χ3v) is 4.76. The minimum Gasteiger partial charge on any atom is -0.347 e. The minimum absolute atomic E-state index is 0.0459. The van der Waals surface area contributed by atoms with Gasteiger partial charge >= 0.3 is 0 Å². The number of H-pyrrole nitrogens is 1. The third-order valence-electron chi connectivity index (χ3n) is 4.76. The summed E-state index contributed by atoms with van der Waals surface area (Å²) in [5, 5.41) is 6.56. The predicted octanol–water partition coefficient (Wildman–Crippen LogP) is 1.40. The van der Waals surface area contributed by atoms with Gasteiger partial charge in [0.05, 0.1) is 12.5 Å². The van der Waals surface area contributed by atoms with Gasteiger partial charge in [0.1, 0.15) is 0 Å². The van der Waals surface area contributed by atoms with E-state index in [0.29, 0.717) is 12.1 Å². The molecule has 9 heteroatoms. The van der Waals surface area contributed by atoms with E-state index in [9.17, 15) is 14.4 Å². The number of hydrogen-bond acceptors (Lipinski definition) is 6. The van der Waals surface area contributed by atoms with Crippen molar-refractivity contribution in [3.8, 4) is 11.4 Å². The standard InChI is InChI=1S/C20H19N5O4/c1-12-2-4-15(5-3-12)25-11-14(9-18(25)27)20(28)22-10-17-23-19(24-29-17)13-6-7-21-16(26)8-13/h2-8,14H,9-11H2,1H3,(H,21,26)(H,22,28)/t14-/m0/s1. The van der Waals surface area contributed by atoms with Gasteiger partial charge in [-0.15, -0.1) is 0 Å². The second-order valence-corrected chi connectivity index (χ2v) is 6.91. The van der Waals surface area contributed by atoms with E-state index >= 15 is 0 Å². The zero-order valence-electron chi connectivity index (χ0n) is 15.7. The lowest BCUT2D eigenvalue weighted by atomic mass is 10.1. The quantitative estimate of drug-likeness (QED) is 0.676. The highest BCUT2D eigenvalue weighted by Gasteiger charge is 2.35. The van der Waals surface area contributed by atoms with Gasteiger partial charge in [-0.3, -0.25) is 14.4 Å². The Kier molecular flexibility index (Phi) is 4.94. The predicted molar refractivity (Wildman–Crippen MR) is 104 cm³/mol. The molecule has 2 aromatic heterocycles. The number of aryl methyl sites for hydroxylation is 1. The summed E-state index contributed by atoms with van der Waals surface area (Å²) in [5.74, 6) is -0.290. The van der Waals surface area contributed by atoms with Crippen molar-refractivity contribution in [3.63, 3.8) is 0 Å². The van der Waals surface area contributed by atoms with Crippen LogP contribution in [0.4, 0.5) is 5.69 Å². The second kappa shape index (κ2) is 7.70. The lowest BCUT2D eigenvalue weighted by Gasteiger charge is -2.16. The van der Waals surface area contributed by atoms with Crippen LogP contribution in [0.3, 0.4) is 0 Å². The molecule has 0 saturated carbocycles. The number of aromatic nitrogens is 3. The van der Waals surface area contributed by atoms with Crippen molar-refractivity contribution in [1.82, 2.24) is 20.4 Å². The van der Waals surface area contributed by atoms with E-state index in [1.54, 1.807) is 11.0 Å². The molecule has 1 fully saturated rings. The van der Waals surface area contributed by atoms with E-state index in [1.165, 1.54) is 12.3 Å². The number of nitrogens with one attached hydrogen (secondary N) is 2. The van der Waals surface area contributed by atoms with Gasteiger partial charge in [-0.2, -0.15) is 4.98 Å². The first kappa shape index (κ1) is 18.6. The van der Waals surface area contributed by atoms with Crippen LogP contribution in [0.2, 0.25) is 0 Å². The molecule has 0 aliphatic carbocycles. The molecule has 3 aromatic rings. The summed E-state index contributed by atoms with van der Waals surface area (Å²) >= 11 is 0. The van der Waals surface area contributed by atoms with Gasteiger partial charge in [0.2, 0.25) is 29.1 Å². The van der Waals surface area contributed by atoms with Crippen molar-refractivity contribution in [2.24, 2.45) is 5.92 Å². The second-order valence-electron chi connectivity index (χ2n) is 6.91. The van der Waals surface area contributed by atoms with Gasteiger partial charge in [-0.1, -0.05) is 22.9 Å². The van der Waals surface area contributed by atoms with Crippen LogP contribution in [0.5, 0.6) is 0 Å².